The fourth-order valence-corrected chi connectivity index (χ4v) is 9.72. The molecule has 0 bridgehead atoms. The van der Waals surface area contributed by atoms with Gasteiger partial charge in [0.25, 0.3) is 0 Å². The van der Waals surface area contributed by atoms with Crippen molar-refractivity contribution in [2.24, 2.45) is 0 Å². The molecule has 5 heteroatoms. The van der Waals surface area contributed by atoms with Gasteiger partial charge in [-0.2, -0.15) is 0 Å². The number of pyridine rings is 1. The number of phenols is 1. The second-order valence-corrected chi connectivity index (χ2v) is 20.0. The van der Waals surface area contributed by atoms with Gasteiger partial charge in [-0.1, -0.05) is 206 Å². The second-order valence-electron chi connectivity index (χ2n) is 20.0. The maximum absolute atomic E-state index is 12.3. The summed E-state index contributed by atoms with van der Waals surface area (Å²) in [5.74, 6) is -0.530. The summed E-state index contributed by atoms with van der Waals surface area (Å²) in [4.78, 5) is 10.6. The molecular weight excluding hydrogens is 1060 g/mol. The molecule has 2 heterocycles. The molecule has 0 saturated carbocycles. The predicted octanol–water partition coefficient (Wildman–Crippen LogP) is 18.4. The number of aromatic hydroxyl groups is 1. The molecule has 10 rings (SSSR count). The van der Waals surface area contributed by atoms with Crippen LogP contribution in [0.15, 0.2) is 182 Å². The molecule has 0 saturated heterocycles. The summed E-state index contributed by atoms with van der Waals surface area (Å²) >= 11 is 0. The number of nitrogens with zero attached hydrogens (tertiary/aromatic N) is 3. The number of aryl methyl sites for hydroxylation is 1. The molecule has 8 aromatic carbocycles. The van der Waals surface area contributed by atoms with Gasteiger partial charge in [-0.05, 0) is 128 Å². The number of imidazole rings is 1. The first kappa shape index (κ1) is 47.2. The Morgan fingerprint density at radius 3 is 1.68 bits per heavy atom. The van der Waals surface area contributed by atoms with Gasteiger partial charge in [-0.3, -0.25) is 9.55 Å². The van der Waals surface area contributed by atoms with E-state index in [0.29, 0.717) is 11.4 Å². The van der Waals surface area contributed by atoms with Gasteiger partial charge in [0.1, 0.15) is 11.6 Å². The Labute approximate surface area is 443 Å². The summed E-state index contributed by atoms with van der Waals surface area (Å²) in [7, 11) is 0. The minimum Gasteiger partial charge on any atom is -0.507 e. The Balaban J connectivity index is 0.00000672. The second kappa shape index (κ2) is 20.9. The molecule has 0 radical (unpaired) electrons. The Morgan fingerprint density at radius 2 is 1.07 bits per heavy atom. The van der Waals surface area contributed by atoms with E-state index < -0.39 is 11.8 Å². The van der Waals surface area contributed by atoms with Gasteiger partial charge in [-0.25, -0.2) is 4.98 Å². The van der Waals surface area contributed by atoms with Gasteiger partial charge < -0.3 is 5.11 Å². The van der Waals surface area contributed by atoms with Gasteiger partial charge >= 0.3 is 0 Å². The van der Waals surface area contributed by atoms with E-state index in [4.69, 9.17) is 12.7 Å². The Bertz CT molecular complexity index is 3630. The number of rotatable bonds is 12. The summed E-state index contributed by atoms with van der Waals surface area (Å²) in [6.45, 7) is 18.3. The van der Waals surface area contributed by atoms with E-state index in [0.717, 1.165) is 100 Å². The summed E-state index contributed by atoms with van der Waals surface area (Å²) in [5.41, 5.74) is 20.1. The van der Waals surface area contributed by atoms with Gasteiger partial charge in [0, 0.05) is 35.7 Å². The summed E-state index contributed by atoms with van der Waals surface area (Å²) in [5, 5.41) is 12.3. The van der Waals surface area contributed by atoms with Crippen molar-refractivity contribution in [2.45, 2.75) is 85.9 Å². The predicted molar refractivity (Wildman–Crippen MR) is 299 cm³/mol. The van der Waals surface area contributed by atoms with Crippen molar-refractivity contribution in [3.05, 3.63) is 216 Å². The van der Waals surface area contributed by atoms with Gasteiger partial charge in [-0.15, -0.1) is 23.8 Å². The topological polar surface area (TPSA) is 50.9 Å². The maximum Gasteiger partial charge on any atom is 0.148 e. The first-order valence-corrected chi connectivity index (χ1v) is 24.8. The van der Waals surface area contributed by atoms with Crippen LogP contribution in [0.3, 0.4) is 0 Å². The maximum atomic E-state index is 12.3. The molecule has 0 aliphatic carbocycles. The van der Waals surface area contributed by atoms with Gasteiger partial charge in [0.15, 0.2) is 0 Å². The number of aromatic nitrogens is 3. The average molecular weight is 1120 g/mol. The van der Waals surface area contributed by atoms with Crippen LogP contribution >= 0.6 is 0 Å². The Kier molecular flexibility index (Phi) is 13.7. The molecule has 362 valence electrons. The van der Waals surface area contributed by atoms with E-state index in [9.17, 15) is 5.11 Å². The van der Waals surface area contributed by atoms with Crippen LogP contribution in [0.2, 0.25) is 0 Å². The number of hydrogen-bond acceptors (Lipinski definition) is 3. The number of hydrogen-bond donors (Lipinski definition) is 1. The zero-order chi connectivity index (χ0) is 51.3. The van der Waals surface area contributed by atoms with E-state index in [1.54, 1.807) is 0 Å². The van der Waals surface area contributed by atoms with Crippen LogP contribution in [0.1, 0.15) is 110 Å². The molecule has 0 unspecified atom stereocenters. The monoisotopic (exact) mass is 1120 g/mol. The van der Waals surface area contributed by atoms with Crippen molar-refractivity contribution >= 4 is 11.0 Å². The van der Waals surface area contributed by atoms with Crippen LogP contribution in [0.25, 0.3) is 95.0 Å². The molecule has 72 heavy (non-hydrogen) atoms. The Morgan fingerprint density at radius 1 is 0.500 bits per heavy atom. The van der Waals surface area contributed by atoms with Crippen molar-refractivity contribution < 1.29 is 28.9 Å². The van der Waals surface area contributed by atoms with Gasteiger partial charge in [0.05, 0.1) is 22.3 Å². The summed E-state index contributed by atoms with van der Waals surface area (Å²) < 4.78 is 20.1. The smallest absolute Gasteiger partial charge is 0.148 e. The van der Waals surface area contributed by atoms with Crippen LogP contribution < -0.4 is 0 Å². The fraction of sp³-hybridized carbons (Fsp3) is 0.194. The molecule has 1 N–H and O–H groups in total. The van der Waals surface area contributed by atoms with Crippen molar-refractivity contribution in [3.8, 4) is 89.7 Å². The molecule has 0 aliphatic rings. The molecule has 0 spiro atoms. The number of phenolic OH excluding ortho intramolecular Hbond substituents is 1. The zero-order valence-electron chi connectivity index (χ0n) is 44.6. The van der Waals surface area contributed by atoms with Crippen LogP contribution in [-0.4, -0.2) is 19.6 Å². The molecule has 2 aromatic heterocycles. The number of benzene rings is 8. The van der Waals surface area contributed by atoms with E-state index in [1.165, 1.54) is 11.1 Å². The van der Waals surface area contributed by atoms with Crippen LogP contribution in [-0.2, 0) is 21.1 Å². The minimum atomic E-state index is -0.843. The minimum absolute atomic E-state index is 0. The number of fused-ring (bicyclic) bond motifs is 1. The van der Waals surface area contributed by atoms with Crippen LogP contribution in [0.4, 0.5) is 0 Å². The van der Waals surface area contributed by atoms with Gasteiger partial charge in [0.2, 0.25) is 0 Å². The Hall–Kier alpha value is -7.13. The van der Waals surface area contributed by atoms with Crippen LogP contribution in [0.5, 0.6) is 5.75 Å². The van der Waals surface area contributed by atoms with Crippen molar-refractivity contribution in [1.82, 2.24) is 14.5 Å². The third-order valence-electron chi connectivity index (χ3n) is 13.9. The molecule has 0 atom stereocenters. The van der Waals surface area contributed by atoms with E-state index in [-0.39, 0.29) is 38.7 Å². The van der Waals surface area contributed by atoms with E-state index in [2.05, 4.69) is 203 Å². The van der Waals surface area contributed by atoms with Crippen molar-refractivity contribution in [1.29, 1.82) is 0 Å². The van der Waals surface area contributed by atoms with Crippen molar-refractivity contribution in [3.63, 3.8) is 0 Å². The van der Waals surface area contributed by atoms with Crippen molar-refractivity contribution in [2.75, 3.05) is 0 Å². The fourth-order valence-electron chi connectivity index (χ4n) is 9.72. The molecule has 0 aliphatic heterocycles. The first-order valence-electron chi connectivity index (χ1n) is 25.8. The normalized spacial score (nSPS) is 12.3. The largest absolute Gasteiger partial charge is 0.507 e. The third-order valence-corrected chi connectivity index (χ3v) is 13.9. The standard InChI is InChI=1S/C67H62N3O.Pt/c1-41(2)52-32-53(42(3)4)34-56(33-52)50-27-28-63(45(9)31-50)70-64-22-16-21-59(65(64)69-67(70)61-39-54(43(5)6)38-60(44(7)8)66(61)71)57-35-55(47-19-14-11-15-20-47)36-58(37-57)62-40-51(29-30-68-62)49-25-23-48(24-26-49)46-17-12-10-13-18-46;/h10-36,38-44,71H,1-9H3;/q-1;/i41D,42D;. The molecule has 4 nitrogen and oxygen atoms in total. The average Bonchev–Trinajstić information content (AvgIpc) is 3.77. The molecule has 0 amide bonds. The zero-order valence-corrected chi connectivity index (χ0v) is 44.9. The quantitative estimate of drug-likeness (QED) is 0.124. The SMILES string of the molecule is [2H]C(C)(C)c1cc(-c2ccc(-n3c(-c4cc(C(C)C)cc(C(C)C)c4O)nc4c(-c5[c-]c(-c6cc(-c7ccc(-c8ccccc8)cc7)ccn6)cc(-c6ccccc6)c5)cccc43)c(C)c2)cc(C([2H])(C)C)c1.[Pt]. The number of para-hydroxylation sites is 1. The first-order chi connectivity index (χ1) is 34.9. The summed E-state index contributed by atoms with van der Waals surface area (Å²) in [6.07, 6.45) is 1.88. The van der Waals surface area contributed by atoms with Crippen LogP contribution in [0, 0.1) is 13.0 Å². The van der Waals surface area contributed by atoms with E-state index in [1.807, 2.05) is 52.1 Å². The molecule has 0 fully saturated rings. The molecular formula is C67H62N3OPt-. The third kappa shape index (κ3) is 9.90. The molecule has 10 aromatic rings. The summed E-state index contributed by atoms with van der Waals surface area (Å²) in [6, 6.07) is 65.2. The van der Waals surface area contributed by atoms with E-state index >= 15 is 0 Å².